The van der Waals surface area contributed by atoms with Crippen LogP contribution in [-0.2, 0) is 11.4 Å². The first-order chi connectivity index (χ1) is 8.27. The molecule has 1 aromatic carbocycles. The highest BCUT2D eigenvalue weighted by molar-refractivity contribution is 5.60. The first kappa shape index (κ1) is 12.0. The minimum atomic E-state index is -2.48. The molecule has 0 bridgehead atoms. The molecule has 1 aromatic rings. The molecule has 91 valence electrons. The Balaban J connectivity index is 1.87. The summed E-state index contributed by atoms with van der Waals surface area (Å²) in [6.45, 7) is 0.0697. The Hall–Kier alpha value is -1.45. The van der Waals surface area contributed by atoms with Crippen molar-refractivity contribution in [2.45, 2.75) is 32.3 Å². The Morgan fingerprint density at radius 3 is 2.76 bits per heavy atom. The van der Waals surface area contributed by atoms with Crippen LogP contribution in [0.1, 0.15) is 36.8 Å². The van der Waals surface area contributed by atoms with Gasteiger partial charge in [-0.1, -0.05) is 35.8 Å². The van der Waals surface area contributed by atoms with Gasteiger partial charge in [0, 0.05) is 17.0 Å². The largest absolute Gasteiger partial charge is 0.391 e. The summed E-state index contributed by atoms with van der Waals surface area (Å²) in [5, 5.41) is 3.69. The average Bonchev–Trinajstić information content (AvgIpc) is 2.26. The van der Waals surface area contributed by atoms with Crippen LogP contribution in [0.15, 0.2) is 29.4 Å². The molecule has 0 unspecified atom stereocenters. The van der Waals surface area contributed by atoms with Gasteiger partial charge in [0.15, 0.2) is 0 Å². The van der Waals surface area contributed by atoms with Crippen LogP contribution in [0.25, 0.3) is 0 Å². The fraction of sp³-hybridized carbons (Fsp3) is 0.462. The summed E-state index contributed by atoms with van der Waals surface area (Å²) in [5.41, 5.74) is 0.480. The Morgan fingerprint density at radius 1 is 1.35 bits per heavy atom. The van der Waals surface area contributed by atoms with Crippen molar-refractivity contribution in [3.05, 3.63) is 35.4 Å². The SMILES string of the molecule is FC(F)c1ccccc1CO/N=[C]\C1CCC1. The average molecular weight is 238 g/mol. The van der Waals surface area contributed by atoms with E-state index >= 15 is 0 Å². The molecule has 0 heterocycles. The molecule has 4 heteroatoms. The summed E-state index contributed by atoms with van der Waals surface area (Å²) in [5.74, 6) is 0.389. The van der Waals surface area contributed by atoms with Crippen molar-refractivity contribution in [1.29, 1.82) is 0 Å². The fourth-order valence-electron chi connectivity index (χ4n) is 1.63. The van der Waals surface area contributed by atoms with Crippen LogP contribution in [-0.4, -0.2) is 6.21 Å². The highest BCUT2D eigenvalue weighted by Gasteiger charge is 2.16. The van der Waals surface area contributed by atoms with Crippen LogP contribution < -0.4 is 0 Å². The molecular weight excluding hydrogens is 224 g/mol. The molecule has 0 aliphatic heterocycles. The zero-order valence-corrected chi connectivity index (χ0v) is 9.40. The molecule has 0 spiro atoms. The quantitative estimate of drug-likeness (QED) is 0.564. The van der Waals surface area contributed by atoms with Crippen LogP contribution in [0, 0.1) is 5.92 Å². The number of hydrogen-bond donors (Lipinski definition) is 0. The van der Waals surface area contributed by atoms with Gasteiger partial charge in [-0.05, 0) is 12.8 Å². The second kappa shape index (κ2) is 5.75. The van der Waals surface area contributed by atoms with Crippen LogP contribution in [0.5, 0.6) is 0 Å². The first-order valence-corrected chi connectivity index (χ1v) is 5.71. The molecule has 0 N–H and O–H groups in total. The van der Waals surface area contributed by atoms with Crippen molar-refractivity contribution in [2.24, 2.45) is 11.1 Å². The van der Waals surface area contributed by atoms with Crippen LogP contribution in [0.3, 0.4) is 0 Å². The van der Waals surface area contributed by atoms with Crippen LogP contribution in [0.2, 0.25) is 0 Å². The van der Waals surface area contributed by atoms with Crippen molar-refractivity contribution < 1.29 is 13.6 Å². The van der Waals surface area contributed by atoms with Crippen molar-refractivity contribution in [1.82, 2.24) is 0 Å². The van der Waals surface area contributed by atoms with Gasteiger partial charge in [0.05, 0.1) is 0 Å². The molecular formula is C13H14F2NO. The van der Waals surface area contributed by atoms with Gasteiger partial charge >= 0.3 is 0 Å². The standard InChI is InChI=1S/C13H14F2NO/c14-13(15)12-7-2-1-6-11(12)9-17-16-8-10-4-3-5-10/h1-2,6-7,10,13H,3-5,9H2. The molecule has 0 aromatic heterocycles. The van der Waals surface area contributed by atoms with E-state index in [1.54, 1.807) is 18.2 Å². The lowest BCUT2D eigenvalue weighted by Crippen LogP contribution is -2.12. The highest BCUT2D eigenvalue weighted by atomic mass is 19.3. The van der Waals surface area contributed by atoms with E-state index in [2.05, 4.69) is 11.4 Å². The summed E-state index contributed by atoms with van der Waals surface area (Å²) in [6.07, 6.45) is 3.78. The lowest BCUT2D eigenvalue weighted by Gasteiger charge is -2.19. The lowest BCUT2D eigenvalue weighted by atomic mass is 9.87. The predicted molar refractivity (Wildman–Crippen MR) is 61.0 cm³/mol. The van der Waals surface area contributed by atoms with Gasteiger partial charge < -0.3 is 4.84 Å². The Morgan fingerprint density at radius 2 is 2.12 bits per heavy atom. The number of halogens is 2. The van der Waals surface area contributed by atoms with E-state index in [0.717, 1.165) is 12.8 Å². The molecule has 0 atom stereocenters. The smallest absolute Gasteiger partial charge is 0.264 e. The van der Waals surface area contributed by atoms with Gasteiger partial charge in [-0.2, -0.15) is 0 Å². The summed E-state index contributed by atoms with van der Waals surface area (Å²) < 4.78 is 25.3. The number of nitrogens with zero attached hydrogens (tertiary/aromatic N) is 1. The number of benzene rings is 1. The monoisotopic (exact) mass is 238 g/mol. The zero-order chi connectivity index (χ0) is 12.1. The third-order valence-corrected chi connectivity index (χ3v) is 2.92. The minimum absolute atomic E-state index is 0.00587. The van der Waals surface area contributed by atoms with E-state index in [9.17, 15) is 8.78 Å². The molecule has 2 rings (SSSR count). The Kier molecular flexibility index (Phi) is 4.07. The molecule has 1 aliphatic rings. The summed E-state index contributed by atoms with van der Waals surface area (Å²) in [7, 11) is 0. The summed E-state index contributed by atoms with van der Waals surface area (Å²) in [4.78, 5) is 5.00. The molecule has 1 radical (unpaired) electrons. The Bertz CT molecular complexity index is 389. The maximum absolute atomic E-state index is 12.6. The molecule has 0 amide bonds. The third-order valence-electron chi connectivity index (χ3n) is 2.92. The van der Waals surface area contributed by atoms with E-state index in [-0.39, 0.29) is 12.2 Å². The zero-order valence-electron chi connectivity index (χ0n) is 9.40. The van der Waals surface area contributed by atoms with E-state index in [1.807, 2.05) is 0 Å². The normalized spacial score (nSPS) is 16.4. The molecule has 1 saturated carbocycles. The molecule has 2 nitrogen and oxygen atoms in total. The van der Waals surface area contributed by atoms with Crippen molar-refractivity contribution in [2.75, 3.05) is 0 Å². The van der Waals surface area contributed by atoms with E-state index < -0.39 is 6.43 Å². The maximum atomic E-state index is 12.6. The van der Waals surface area contributed by atoms with Gasteiger partial charge in [-0.15, -0.1) is 0 Å². The van der Waals surface area contributed by atoms with Crippen molar-refractivity contribution in [3.63, 3.8) is 0 Å². The fourth-order valence-corrected chi connectivity index (χ4v) is 1.63. The van der Waals surface area contributed by atoms with Gasteiger partial charge in [-0.25, -0.2) is 8.78 Å². The number of rotatable bonds is 5. The van der Waals surface area contributed by atoms with Crippen LogP contribution >= 0.6 is 0 Å². The third kappa shape index (κ3) is 3.25. The van der Waals surface area contributed by atoms with Gasteiger partial charge in [0.1, 0.15) is 12.8 Å². The van der Waals surface area contributed by atoms with E-state index in [1.165, 1.54) is 12.5 Å². The number of hydrogen-bond acceptors (Lipinski definition) is 2. The van der Waals surface area contributed by atoms with E-state index in [4.69, 9.17) is 4.84 Å². The summed E-state index contributed by atoms with van der Waals surface area (Å²) >= 11 is 0. The van der Waals surface area contributed by atoms with Crippen LogP contribution in [0.4, 0.5) is 8.78 Å². The molecule has 1 aliphatic carbocycles. The summed E-state index contributed by atoms with van der Waals surface area (Å²) in [6, 6.07) is 6.34. The second-order valence-corrected chi connectivity index (χ2v) is 4.12. The topological polar surface area (TPSA) is 21.6 Å². The van der Waals surface area contributed by atoms with Crippen molar-refractivity contribution in [3.8, 4) is 0 Å². The maximum Gasteiger partial charge on any atom is 0.264 e. The second-order valence-electron chi connectivity index (χ2n) is 4.12. The minimum Gasteiger partial charge on any atom is -0.391 e. The number of alkyl halides is 2. The molecule has 1 fully saturated rings. The predicted octanol–water partition coefficient (Wildman–Crippen LogP) is 3.80. The molecule has 0 saturated heterocycles. The van der Waals surface area contributed by atoms with E-state index in [0.29, 0.717) is 11.5 Å². The van der Waals surface area contributed by atoms with Gasteiger partial charge in [-0.3, -0.25) is 0 Å². The highest BCUT2D eigenvalue weighted by Crippen LogP contribution is 2.25. The first-order valence-electron chi connectivity index (χ1n) is 5.71. The van der Waals surface area contributed by atoms with Crippen molar-refractivity contribution >= 4 is 6.21 Å². The van der Waals surface area contributed by atoms with Gasteiger partial charge in [0.2, 0.25) is 0 Å². The Labute approximate surface area is 99.3 Å². The van der Waals surface area contributed by atoms with Gasteiger partial charge in [0.25, 0.3) is 6.43 Å². The molecule has 17 heavy (non-hydrogen) atoms. The lowest BCUT2D eigenvalue weighted by molar-refractivity contribution is 0.118.